The van der Waals surface area contributed by atoms with Gasteiger partial charge < -0.3 is 10.1 Å². The minimum Gasteiger partial charge on any atom is -0.483 e. The van der Waals surface area contributed by atoms with E-state index in [2.05, 4.69) is 21.2 Å². The van der Waals surface area contributed by atoms with E-state index < -0.39 is 10.0 Å². The third-order valence-corrected chi connectivity index (χ3v) is 5.69. The van der Waals surface area contributed by atoms with Gasteiger partial charge in [0, 0.05) is 6.54 Å². The van der Waals surface area contributed by atoms with Crippen molar-refractivity contribution in [2.24, 2.45) is 5.14 Å². The second-order valence-electron chi connectivity index (χ2n) is 6.27. The van der Waals surface area contributed by atoms with Crippen LogP contribution in [-0.4, -0.2) is 20.9 Å². The van der Waals surface area contributed by atoms with Gasteiger partial charge in [-0.2, -0.15) is 0 Å². The number of rotatable bonds is 7. The van der Waals surface area contributed by atoms with Crippen molar-refractivity contribution in [2.45, 2.75) is 11.4 Å². The molecule has 150 valence electrons. The molecule has 29 heavy (non-hydrogen) atoms. The SMILES string of the molecule is NS(=O)(=O)c1ccc(CNC(=O)COc2ccc(-c3ccccc3)cc2Br)cc1. The smallest absolute Gasteiger partial charge is 0.258 e. The first-order valence-electron chi connectivity index (χ1n) is 8.69. The van der Waals surface area contributed by atoms with Crippen LogP contribution in [0.25, 0.3) is 11.1 Å². The lowest BCUT2D eigenvalue weighted by atomic mass is 10.1. The maximum atomic E-state index is 12.0. The quantitative estimate of drug-likeness (QED) is 0.547. The van der Waals surface area contributed by atoms with Gasteiger partial charge in [-0.1, -0.05) is 48.5 Å². The first-order valence-corrected chi connectivity index (χ1v) is 11.0. The number of benzene rings is 3. The summed E-state index contributed by atoms with van der Waals surface area (Å²) in [7, 11) is -3.73. The Bertz CT molecular complexity index is 1100. The van der Waals surface area contributed by atoms with Gasteiger partial charge in [-0.25, -0.2) is 13.6 Å². The summed E-state index contributed by atoms with van der Waals surface area (Å²) in [4.78, 5) is 12.1. The first kappa shape index (κ1) is 21.0. The number of carbonyl (C=O) groups is 1. The summed E-state index contributed by atoms with van der Waals surface area (Å²) in [6, 6.07) is 21.6. The molecule has 6 nitrogen and oxygen atoms in total. The third-order valence-electron chi connectivity index (χ3n) is 4.14. The molecule has 0 aliphatic rings. The van der Waals surface area contributed by atoms with Crippen LogP contribution in [0.1, 0.15) is 5.56 Å². The summed E-state index contributed by atoms with van der Waals surface area (Å²) < 4.78 is 28.8. The molecule has 0 unspecified atom stereocenters. The van der Waals surface area contributed by atoms with Crippen LogP contribution in [0, 0.1) is 0 Å². The number of nitrogens with two attached hydrogens (primary N) is 1. The number of primary sulfonamides is 1. The van der Waals surface area contributed by atoms with Gasteiger partial charge in [0.1, 0.15) is 5.75 Å². The van der Waals surface area contributed by atoms with E-state index in [-0.39, 0.29) is 24.0 Å². The predicted octanol–water partition coefficient (Wildman–Crippen LogP) is 3.46. The van der Waals surface area contributed by atoms with E-state index in [1.807, 2.05) is 48.5 Å². The summed E-state index contributed by atoms with van der Waals surface area (Å²) in [5.41, 5.74) is 2.88. The van der Waals surface area contributed by atoms with Crippen molar-refractivity contribution in [3.05, 3.63) is 82.8 Å². The molecule has 0 heterocycles. The number of nitrogens with one attached hydrogen (secondary N) is 1. The fourth-order valence-electron chi connectivity index (χ4n) is 2.62. The molecule has 3 N–H and O–H groups in total. The summed E-state index contributed by atoms with van der Waals surface area (Å²) >= 11 is 3.48. The fourth-order valence-corrected chi connectivity index (χ4v) is 3.63. The van der Waals surface area contributed by atoms with Gasteiger partial charge in [0.15, 0.2) is 6.61 Å². The molecule has 0 bridgehead atoms. The molecule has 0 atom stereocenters. The number of halogens is 1. The monoisotopic (exact) mass is 474 g/mol. The number of amides is 1. The highest BCUT2D eigenvalue weighted by Gasteiger charge is 2.09. The van der Waals surface area contributed by atoms with Crippen LogP contribution in [-0.2, 0) is 21.4 Å². The van der Waals surface area contributed by atoms with E-state index in [9.17, 15) is 13.2 Å². The van der Waals surface area contributed by atoms with Crippen LogP contribution in [0.3, 0.4) is 0 Å². The molecule has 0 aromatic heterocycles. The van der Waals surface area contributed by atoms with E-state index in [0.29, 0.717) is 5.75 Å². The Morgan fingerprint density at radius 2 is 1.66 bits per heavy atom. The zero-order valence-corrected chi connectivity index (χ0v) is 17.7. The van der Waals surface area contributed by atoms with Crippen molar-refractivity contribution in [1.82, 2.24) is 5.32 Å². The summed E-state index contributed by atoms with van der Waals surface area (Å²) in [6.45, 7) is 0.111. The molecule has 8 heteroatoms. The van der Waals surface area contributed by atoms with Gasteiger partial charge in [-0.05, 0) is 56.9 Å². The molecule has 3 aromatic carbocycles. The highest BCUT2D eigenvalue weighted by atomic mass is 79.9. The largest absolute Gasteiger partial charge is 0.483 e. The second kappa shape index (κ2) is 9.21. The standard InChI is InChI=1S/C21H19BrN2O4S/c22-19-12-17(16-4-2-1-3-5-16)8-11-20(19)28-14-21(25)24-13-15-6-9-18(10-7-15)29(23,26)27/h1-12H,13-14H2,(H,24,25)(H2,23,26,27). The lowest BCUT2D eigenvalue weighted by molar-refractivity contribution is -0.123. The first-order chi connectivity index (χ1) is 13.8. The van der Waals surface area contributed by atoms with Crippen molar-refractivity contribution < 1.29 is 17.9 Å². The predicted molar refractivity (Wildman–Crippen MR) is 115 cm³/mol. The molecule has 0 spiro atoms. The van der Waals surface area contributed by atoms with Crippen LogP contribution in [0.5, 0.6) is 5.75 Å². The molecular weight excluding hydrogens is 456 g/mol. The van der Waals surface area contributed by atoms with E-state index in [4.69, 9.17) is 9.88 Å². The lowest BCUT2D eigenvalue weighted by Gasteiger charge is -2.11. The number of ether oxygens (including phenoxy) is 1. The Balaban J connectivity index is 1.53. The van der Waals surface area contributed by atoms with E-state index in [1.54, 1.807) is 12.1 Å². The highest BCUT2D eigenvalue weighted by molar-refractivity contribution is 9.10. The molecule has 0 saturated heterocycles. The summed E-state index contributed by atoms with van der Waals surface area (Å²) in [5, 5.41) is 7.78. The van der Waals surface area contributed by atoms with Crippen molar-refractivity contribution in [2.75, 3.05) is 6.61 Å². The van der Waals surface area contributed by atoms with E-state index in [1.165, 1.54) is 12.1 Å². The maximum Gasteiger partial charge on any atom is 0.258 e. The second-order valence-corrected chi connectivity index (χ2v) is 8.68. The van der Waals surface area contributed by atoms with E-state index >= 15 is 0 Å². The highest BCUT2D eigenvalue weighted by Crippen LogP contribution is 2.30. The molecule has 3 rings (SSSR count). The summed E-state index contributed by atoms with van der Waals surface area (Å²) in [6.07, 6.45) is 0. The molecule has 3 aromatic rings. The van der Waals surface area contributed by atoms with Gasteiger partial charge >= 0.3 is 0 Å². The number of sulfonamides is 1. The average Bonchev–Trinajstić information content (AvgIpc) is 2.71. The molecular formula is C21H19BrN2O4S. The van der Waals surface area contributed by atoms with Crippen LogP contribution in [0.4, 0.5) is 0 Å². The number of hydrogen-bond donors (Lipinski definition) is 2. The maximum absolute atomic E-state index is 12.0. The van der Waals surface area contributed by atoms with Crippen LogP contribution in [0.15, 0.2) is 82.2 Å². The van der Waals surface area contributed by atoms with Crippen molar-refractivity contribution >= 4 is 31.9 Å². The van der Waals surface area contributed by atoms with Crippen LogP contribution in [0.2, 0.25) is 0 Å². The summed E-state index contributed by atoms with van der Waals surface area (Å²) in [5.74, 6) is 0.275. The Morgan fingerprint density at radius 1 is 0.966 bits per heavy atom. The van der Waals surface area contributed by atoms with Gasteiger partial charge in [-0.15, -0.1) is 0 Å². The van der Waals surface area contributed by atoms with E-state index in [0.717, 1.165) is 21.2 Å². The Labute approximate surface area is 177 Å². The molecule has 0 saturated carbocycles. The van der Waals surface area contributed by atoms with Crippen LogP contribution < -0.4 is 15.2 Å². The van der Waals surface area contributed by atoms with Gasteiger partial charge in [0.2, 0.25) is 10.0 Å². The number of carbonyl (C=O) groups excluding carboxylic acids is 1. The Hall–Kier alpha value is -2.68. The van der Waals surface area contributed by atoms with Gasteiger partial charge in [-0.3, -0.25) is 4.79 Å². The Morgan fingerprint density at radius 3 is 2.28 bits per heavy atom. The van der Waals surface area contributed by atoms with Gasteiger partial charge in [0.05, 0.1) is 9.37 Å². The molecule has 0 radical (unpaired) electrons. The van der Waals surface area contributed by atoms with Gasteiger partial charge in [0.25, 0.3) is 5.91 Å². The van der Waals surface area contributed by atoms with Crippen molar-refractivity contribution in [1.29, 1.82) is 0 Å². The minimum atomic E-state index is -3.73. The molecule has 0 aliphatic heterocycles. The molecule has 0 fully saturated rings. The van der Waals surface area contributed by atoms with Crippen molar-refractivity contribution in [3.8, 4) is 16.9 Å². The number of hydrogen-bond acceptors (Lipinski definition) is 4. The topological polar surface area (TPSA) is 98.5 Å². The van der Waals surface area contributed by atoms with Crippen LogP contribution >= 0.6 is 15.9 Å². The Kier molecular flexibility index (Phi) is 6.68. The zero-order chi connectivity index (χ0) is 20.9. The molecule has 1 amide bonds. The third kappa shape index (κ3) is 5.90. The minimum absolute atomic E-state index is 0.0275. The fraction of sp³-hybridized carbons (Fsp3) is 0.0952. The normalized spacial score (nSPS) is 11.1. The van der Waals surface area contributed by atoms with Crippen molar-refractivity contribution in [3.63, 3.8) is 0 Å². The average molecular weight is 475 g/mol. The lowest BCUT2D eigenvalue weighted by Crippen LogP contribution is -2.28. The zero-order valence-electron chi connectivity index (χ0n) is 15.3. The molecule has 0 aliphatic carbocycles.